The molecule has 0 atom stereocenters. The van der Waals surface area contributed by atoms with Crippen molar-refractivity contribution < 1.29 is 17.6 Å². The molecule has 144 valence electrons. The van der Waals surface area contributed by atoms with Gasteiger partial charge in [0.1, 0.15) is 5.82 Å². The van der Waals surface area contributed by atoms with E-state index in [-0.39, 0.29) is 18.2 Å². The van der Waals surface area contributed by atoms with E-state index in [9.17, 15) is 17.6 Å². The van der Waals surface area contributed by atoms with Crippen LogP contribution in [0, 0.1) is 5.82 Å². The molecular formula is C20H23FN2O3S. The molecule has 0 unspecified atom stereocenters. The highest BCUT2D eigenvalue weighted by Crippen LogP contribution is 2.27. The van der Waals surface area contributed by atoms with Gasteiger partial charge >= 0.3 is 0 Å². The third-order valence-corrected chi connectivity index (χ3v) is 6.76. The van der Waals surface area contributed by atoms with Gasteiger partial charge in [-0.15, -0.1) is 0 Å². The van der Waals surface area contributed by atoms with Crippen LogP contribution in [0.4, 0.5) is 10.1 Å². The summed E-state index contributed by atoms with van der Waals surface area (Å²) in [6.45, 7) is 4.14. The summed E-state index contributed by atoms with van der Waals surface area (Å²) in [5, 5.41) is 2.83. The Balaban J connectivity index is 1.66. The van der Waals surface area contributed by atoms with E-state index in [0.29, 0.717) is 24.2 Å². The van der Waals surface area contributed by atoms with Gasteiger partial charge in [-0.2, -0.15) is 0 Å². The predicted octanol–water partition coefficient (Wildman–Crippen LogP) is 2.96. The second-order valence-corrected chi connectivity index (χ2v) is 9.21. The molecule has 0 aromatic heterocycles. The van der Waals surface area contributed by atoms with Crippen molar-refractivity contribution in [3.05, 3.63) is 65.5 Å². The van der Waals surface area contributed by atoms with Crippen LogP contribution in [0.3, 0.4) is 0 Å². The number of carbonyl (C=O) groups is 1. The Kier molecular flexibility index (Phi) is 5.24. The third-order valence-electron chi connectivity index (χ3n) is 4.89. The van der Waals surface area contributed by atoms with Gasteiger partial charge in [0.25, 0.3) is 0 Å². The minimum absolute atomic E-state index is 0.177. The van der Waals surface area contributed by atoms with Gasteiger partial charge < -0.3 is 5.32 Å². The van der Waals surface area contributed by atoms with Crippen LogP contribution < -0.4 is 9.62 Å². The Morgan fingerprint density at radius 1 is 1.15 bits per heavy atom. The smallest absolute Gasteiger partial charge is 0.235 e. The van der Waals surface area contributed by atoms with E-state index in [1.165, 1.54) is 10.4 Å². The number of nitrogens with one attached hydrogen (secondary N) is 1. The van der Waals surface area contributed by atoms with E-state index >= 15 is 0 Å². The topological polar surface area (TPSA) is 66.5 Å². The Bertz CT molecular complexity index is 940. The molecule has 0 spiro atoms. The Morgan fingerprint density at radius 2 is 1.81 bits per heavy atom. The van der Waals surface area contributed by atoms with Gasteiger partial charge in [0, 0.05) is 18.7 Å². The van der Waals surface area contributed by atoms with Crippen molar-refractivity contribution in [1.82, 2.24) is 5.32 Å². The highest BCUT2D eigenvalue weighted by molar-refractivity contribution is 7.93. The SMILES string of the molecule is CC(C)(C(=O)NCc1ccc(N2CCCS2(=O)=O)cc1)c1ccccc1F. The number of halogens is 1. The van der Waals surface area contributed by atoms with Crippen molar-refractivity contribution in [2.45, 2.75) is 32.2 Å². The zero-order chi connectivity index (χ0) is 19.7. The first-order valence-electron chi connectivity index (χ1n) is 8.84. The summed E-state index contributed by atoms with van der Waals surface area (Å²) in [6.07, 6.45) is 0.630. The lowest BCUT2D eigenvalue weighted by molar-refractivity contribution is -0.125. The van der Waals surface area contributed by atoms with Crippen molar-refractivity contribution in [1.29, 1.82) is 0 Å². The number of anilines is 1. The van der Waals surface area contributed by atoms with Gasteiger partial charge in [0.2, 0.25) is 15.9 Å². The molecule has 5 nitrogen and oxygen atoms in total. The molecule has 1 aliphatic heterocycles. The number of amides is 1. The number of nitrogens with zero attached hydrogens (tertiary/aromatic N) is 1. The van der Waals surface area contributed by atoms with E-state index in [2.05, 4.69) is 5.32 Å². The minimum Gasteiger partial charge on any atom is -0.351 e. The Morgan fingerprint density at radius 3 is 2.41 bits per heavy atom. The molecule has 7 heteroatoms. The van der Waals surface area contributed by atoms with Crippen LogP contribution in [0.25, 0.3) is 0 Å². The Hall–Kier alpha value is -2.41. The van der Waals surface area contributed by atoms with Crippen LogP contribution in [0.1, 0.15) is 31.4 Å². The highest BCUT2D eigenvalue weighted by Gasteiger charge is 2.32. The van der Waals surface area contributed by atoms with Gasteiger partial charge in [0.05, 0.1) is 16.9 Å². The van der Waals surface area contributed by atoms with E-state index < -0.39 is 21.3 Å². The van der Waals surface area contributed by atoms with Crippen molar-refractivity contribution >= 4 is 21.6 Å². The summed E-state index contributed by atoms with van der Waals surface area (Å²) >= 11 is 0. The molecule has 2 aromatic carbocycles. The quantitative estimate of drug-likeness (QED) is 0.854. The molecule has 27 heavy (non-hydrogen) atoms. The molecule has 0 bridgehead atoms. The number of rotatable bonds is 5. The molecule has 1 amide bonds. The fraction of sp³-hybridized carbons (Fsp3) is 0.350. The zero-order valence-electron chi connectivity index (χ0n) is 15.4. The third kappa shape index (κ3) is 3.98. The highest BCUT2D eigenvalue weighted by atomic mass is 32.2. The normalized spacial score (nSPS) is 16.3. The van der Waals surface area contributed by atoms with Gasteiger partial charge in [-0.25, -0.2) is 12.8 Å². The molecule has 1 aliphatic rings. The van der Waals surface area contributed by atoms with Gasteiger partial charge in [-0.3, -0.25) is 9.10 Å². The summed E-state index contributed by atoms with van der Waals surface area (Å²) in [5.74, 6) is -0.511. The van der Waals surface area contributed by atoms with Crippen LogP contribution in [-0.4, -0.2) is 26.6 Å². The molecule has 1 N–H and O–H groups in total. The minimum atomic E-state index is -3.20. The number of benzene rings is 2. The first-order chi connectivity index (χ1) is 12.7. The monoisotopic (exact) mass is 390 g/mol. The zero-order valence-corrected chi connectivity index (χ0v) is 16.2. The number of carbonyl (C=O) groups excluding carboxylic acids is 1. The fourth-order valence-corrected chi connectivity index (χ4v) is 4.77. The first kappa shape index (κ1) is 19.4. The number of hydrogen-bond acceptors (Lipinski definition) is 3. The number of hydrogen-bond donors (Lipinski definition) is 1. The van der Waals surface area contributed by atoms with E-state index in [0.717, 1.165) is 5.56 Å². The van der Waals surface area contributed by atoms with Crippen molar-refractivity contribution in [3.63, 3.8) is 0 Å². The summed E-state index contributed by atoms with van der Waals surface area (Å²) < 4.78 is 39.4. The lowest BCUT2D eigenvalue weighted by atomic mass is 9.83. The lowest BCUT2D eigenvalue weighted by Crippen LogP contribution is -2.40. The second-order valence-electron chi connectivity index (χ2n) is 7.20. The van der Waals surface area contributed by atoms with Crippen LogP contribution in [0.15, 0.2) is 48.5 Å². The van der Waals surface area contributed by atoms with Crippen LogP contribution in [-0.2, 0) is 26.8 Å². The average molecular weight is 390 g/mol. The molecule has 0 radical (unpaired) electrons. The van der Waals surface area contributed by atoms with Crippen LogP contribution in [0.5, 0.6) is 0 Å². The maximum Gasteiger partial charge on any atom is 0.235 e. The summed E-state index contributed by atoms with van der Waals surface area (Å²) in [6, 6.07) is 13.3. The molecule has 1 fully saturated rings. The molecule has 1 heterocycles. The van der Waals surface area contributed by atoms with Crippen molar-refractivity contribution in [2.24, 2.45) is 0 Å². The van der Waals surface area contributed by atoms with Gasteiger partial charge in [-0.05, 0) is 44.0 Å². The second kappa shape index (κ2) is 7.31. The number of sulfonamides is 1. The standard InChI is InChI=1S/C20H23FN2O3S/c1-20(2,17-6-3-4-7-18(17)21)19(24)22-14-15-8-10-16(11-9-15)23-12-5-13-27(23,25)26/h3-4,6-11H,5,12-14H2,1-2H3,(H,22,24). The Labute approximate surface area is 159 Å². The summed E-state index contributed by atoms with van der Waals surface area (Å²) in [4.78, 5) is 12.6. The van der Waals surface area contributed by atoms with Crippen LogP contribution >= 0.6 is 0 Å². The maximum absolute atomic E-state index is 14.0. The lowest BCUT2D eigenvalue weighted by Gasteiger charge is -2.24. The molecule has 2 aromatic rings. The van der Waals surface area contributed by atoms with Crippen molar-refractivity contribution in [3.8, 4) is 0 Å². The van der Waals surface area contributed by atoms with Gasteiger partial charge in [-0.1, -0.05) is 30.3 Å². The molecule has 0 saturated carbocycles. The fourth-order valence-electron chi connectivity index (χ4n) is 3.20. The molecule has 1 saturated heterocycles. The molecule has 0 aliphatic carbocycles. The van der Waals surface area contributed by atoms with Crippen LogP contribution in [0.2, 0.25) is 0 Å². The predicted molar refractivity (Wildman–Crippen MR) is 103 cm³/mol. The average Bonchev–Trinajstić information content (AvgIpc) is 2.99. The van der Waals surface area contributed by atoms with E-state index in [1.54, 1.807) is 56.3 Å². The molecular weight excluding hydrogens is 367 g/mol. The molecule has 3 rings (SSSR count). The summed E-state index contributed by atoms with van der Waals surface area (Å²) in [5.41, 5.74) is 0.814. The maximum atomic E-state index is 14.0. The van der Waals surface area contributed by atoms with Crippen molar-refractivity contribution in [2.75, 3.05) is 16.6 Å². The summed E-state index contributed by atoms with van der Waals surface area (Å²) in [7, 11) is -3.20. The van der Waals surface area contributed by atoms with E-state index in [1.807, 2.05) is 0 Å². The van der Waals surface area contributed by atoms with E-state index in [4.69, 9.17) is 0 Å². The largest absolute Gasteiger partial charge is 0.351 e. The van der Waals surface area contributed by atoms with Gasteiger partial charge in [0.15, 0.2) is 0 Å². The first-order valence-corrected chi connectivity index (χ1v) is 10.5.